The number of anilines is 1. The number of carbonyl (C=O) groups is 3. The standard InChI is InChI=1S/C23H27NO5/c1-14(2)16-11-8-12-17(15(3)4)21(16)24-20(25)13-29-23(27)19-10-7-6-9-18(19)22(26)28-5/h6-12,14-15H,13H2,1-5H3,(H,24,25). The minimum Gasteiger partial charge on any atom is -0.465 e. The maximum Gasteiger partial charge on any atom is 0.339 e. The normalized spacial score (nSPS) is 10.7. The molecule has 0 fully saturated rings. The summed E-state index contributed by atoms with van der Waals surface area (Å²) in [4.78, 5) is 36.7. The average molecular weight is 397 g/mol. The lowest BCUT2D eigenvalue weighted by atomic mass is 9.92. The van der Waals surface area contributed by atoms with Crippen molar-refractivity contribution in [1.82, 2.24) is 0 Å². The quantitative estimate of drug-likeness (QED) is 0.695. The van der Waals surface area contributed by atoms with Gasteiger partial charge in [0.15, 0.2) is 6.61 Å². The maximum atomic E-state index is 12.5. The second-order valence-electron chi connectivity index (χ2n) is 7.28. The third-order valence-electron chi connectivity index (χ3n) is 4.52. The molecule has 2 rings (SSSR count). The fraction of sp³-hybridized carbons (Fsp3) is 0.348. The first-order valence-corrected chi connectivity index (χ1v) is 9.53. The van der Waals surface area contributed by atoms with Gasteiger partial charge in [-0.2, -0.15) is 0 Å². The van der Waals surface area contributed by atoms with E-state index in [0.29, 0.717) is 0 Å². The number of amides is 1. The van der Waals surface area contributed by atoms with Gasteiger partial charge in [0.25, 0.3) is 5.91 Å². The first kappa shape index (κ1) is 22.1. The Morgan fingerprint density at radius 2 is 1.34 bits per heavy atom. The molecule has 6 heteroatoms. The summed E-state index contributed by atoms with van der Waals surface area (Å²) in [6, 6.07) is 12.1. The Balaban J connectivity index is 2.14. The molecular formula is C23H27NO5. The van der Waals surface area contributed by atoms with Crippen molar-refractivity contribution in [3.8, 4) is 0 Å². The molecule has 0 atom stereocenters. The molecule has 0 bridgehead atoms. The van der Waals surface area contributed by atoms with E-state index in [-0.39, 0.29) is 23.0 Å². The zero-order valence-electron chi connectivity index (χ0n) is 17.4. The number of para-hydroxylation sites is 1. The lowest BCUT2D eigenvalue weighted by Gasteiger charge is -2.20. The SMILES string of the molecule is COC(=O)c1ccccc1C(=O)OCC(=O)Nc1c(C(C)C)cccc1C(C)C. The van der Waals surface area contributed by atoms with E-state index in [4.69, 9.17) is 4.74 Å². The number of benzene rings is 2. The molecule has 29 heavy (non-hydrogen) atoms. The van der Waals surface area contributed by atoms with Gasteiger partial charge in [-0.1, -0.05) is 58.0 Å². The van der Waals surface area contributed by atoms with Crippen LogP contribution in [0.3, 0.4) is 0 Å². The third-order valence-corrected chi connectivity index (χ3v) is 4.52. The minimum absolute atomic E-state index is 0.0533. The van der Waals surface area contributed by atoms with Crippen LogP contribution in [-0.2, 0) is 14.3 Å². The summed E-state index contributed by atoms with van der Waals surface area (Å²) in [5, 5.41) is 2.89. The Bertz CT molecular complexity index is 876. The van der Waals surface area contributed by atoms with Crippen molar-refractivity contribution in [2.75, 3.05) is 19.0 Å². The fourth-order valence-corrected chi connectivity index (χ4v) is 3.03. The van der Waals surface area contributed by atoms with E-state index in [1.165, 1.54) is 19.2 Å². The highest BCUT2D eigenvalue weighted by Gasteiger charge is 2.20. The van der Waals surface area contributed by atoms with Crippen molar-refractivity contribution < 1.29 is 23.9 Å². The summed E-state index contributed by atoms with van der Waals surface area (Å²) in [5.74, 6) is -1.40. The summed E-state index contributed by atoms with van der Waals surface area (Å²) in [5.41, 5.74) is 2.94. The summed E-state index contributed by atoms with van der Waals surface area (Å²) in [7, 11) is 1.23. The molecule has 2 aromatic rings. The first-order chi connectivity index (χ1) is 13.8. The van der Waals surface area contributed by atoms with Crippen LogP contribution >= 0.6 is 0 Å². The van der Waals surface area contributed by atoms with Gasteiger partial charge in [0, 0.05) is 5.69 Å². The summed E-state index contributed by atoms with van der Waals surface area (Å²) < 4.78 is 9.82. The number of ether oxygens (including phenoxy) is 2. The van der Waals surface area contributed by atoms with Crippen molar-refractivity contribution >= 4 is 23.5 Å². The van der Waals surface area contributed by atoms with E-state index in [1.54, 1.807) is 12.1 Å². The highest BCUT2D eigenvalue weighted by atomic mass is 16.5. The van der Waals surface area contributed by atoms with Gasteiger partial charge >= 0.3 is 11.9 Å². The van der Waals surface area contributed by atoms with E-state index in [2.05, 4.69) is 37.7 Å². The summed E-state index contributed by atoms with van der Waals surface area (Å²) in [6.45, 7) is 7.76. The molecule has 0 heterocycles. The van der Waals surface area contributed by atoms with E-state index >= 15 is 0 Å². The lowest BCUT2D eigenvalue weighted by molar-refractivity contribution is -0.119. The molecular weight excluding hydrogens is 370 g/mol. The van der Waals surface area contributed by atoms with Gasteiger partial charge in [-0.3, -0.25) is 4.79 Å². The molecule has 1 N–H and O–H groups in total. The van der Waals surface area contributed by atoms with Gasteiger partial charge in [-0.05, 0) is 35.1 Å². The van der Waals surface area contributed by atoms with Crippen molar-refractivity contribution in [2.45, 2.75) is 39.5 Å². The monoisotopic (exact) mass is 397 g/mol. The third kappa shape index (κ3) is 5.44. The highest BCUT2D eigenvalue weighted by Crippen LogP contribution is 2.32. The molecule has 1 amide bonds. The van der Waals surface area contributed by atoms with Crippen molar-refractivity contribution in [2.24, 2.45) is 0 Å². The zero-order valence-corrected chi connectivity index (χ0v) is 17.4. The lowest BCUT2D eigenvalue weighted by Crippen LogP contribution is -2.23. The number of rotatable bonds is 7. The smallest absolute Gasteiger partial charge is 0.339 e. The molecule has 6 nitrogen and oxygen atoms in total. The van der Waals surface area contributed by atoms with E-state index in [1.807, 2.05) is 18.2 Å². The second kappa shape index (κ2) is 9.87. The van der Waals surface area contributed by atoms with Crippen LogP contribution in [0.2, 0.25) is 0 Å². The Morgan fingerprint density at radius 1 is 0.828 bits per heavy atom. The zero-order chi connectivity index (χ0) is 21.6. The Labute approximate surface area is 171 Å². The van der Waals surface area contributed by atoms with Gasteiger partial charge in [-0.25, -0.2) is 9.59 Å². The van der Waals surface area contributed by atoms with Gasteiger partial charge in [-0.15, -0.1) is 0 Å². The van der Waals surface area contributed by atoms with Gasteiger partial charge in [0.1, 0.15) is 0 Å². The number of carbonyl (C=O) groups excluding carboxylic acids is 3. The second-order valence-corrected chi connectivity index (χ2v) is 7.28. The van der Waals surface area contributed by atoms with Crippen LogP contribution in [0.4, 0.5) is 5.69 Å². The van der Waals surface area contributed by atoms with Crippen molar-refractivity contribution in [3.63, 3.8) is 0 Å². The number of methoxy groups -OCH3 is 1. The van der Waals surface area contributed by atoms with Crippen LogP contribution in [-0.4, -0.2) is 31.6 Å². The highest BCUT2D eigenvalue weighted by molar-refractivity contribution is 6.04. The van der Waals surface area contributed by atoms with Crippen LogP contribution < -0.4 is 5.32 Å². The summed E-state index contributed by atoms with van der Waals surface area (Å²) >= 11 is 0. The van der Waals surface area contributed by atoms with Gasteiger partial charge in [0.2, 0.25) is 0 Å². The van der Waals surface area contributed by atoms with Crippen LogP contribution in [0.1, 0.15) is 71.4 Å². The number of nitrogens with one attached hydrogen (secondary N) is 1. The van der Waals surface area contributed by atoms with E-state index in [0.717, 1.165) is 16.8 Å². The summed E-state index contributed by atoms with van der Waals surface area (Å²) in [6.07, 6.45) is 0. The molecule has 0 radical (unpaired) electrons. The Morgan fingerprint density at radius 3 is 1.83 bits per heavy atom. The molecule has 154 valence electrons. The Hall–Kier alpha value is -3.15. The van der Waals surface area contributed by atoms with Crippen LogP contribution in [0.25, 0.3) is 0 Å². The molecule has 0 saturated carbocycles. The predicted octanol–water partition coefficient (Wildman–Crippen LogP) is 4.52. The van der Waals surface area contributed by atoms with E-state index in [9.17, 15) is 14.4 Å². The molecule has 0 aromatic heterocycles. The van der Waals surface area contributed by atoms with E-state index < -0.39 is 24.5 Å². The fourth-order valence-electron chi connectivity index (χ4n) is 3.03. The van der Waals surface area contributed by atoms with Gasteiger partial charge < -0.3 is 14.8 Å². The molecule has 0 aliphatic heterocycles. The minimum atomic E-state index is -0.762. The molecule has 0 spiro atoms. The van der Waals surface area contributed by atoms with Crippen molar-refractivity contribution in [3.05, 3.63) is 64.7 Å². The number of hydrogen-bond donors (Lipinski definition) is 1. The number of hydrogen-bond acceptors (Lipinski definition) is 5. The molecule has 0 aliphatic carbocycles. The molecule has 2 aromatic carbocycles. The topological polar surface area (TPSA) is 81.7 Å². The largest absolute Gasteiger partial charge is 0.465 e. The van der Waals surface area contributed by atoms with Crippen LogP contribution in [0.5, 0.6) is 0 Å². The average Bonchev–Trinajstić information content (AvgIpc) is 2.71. The molecule has 0 unspecified atom stereocenters. The molecule has 0 saturated heterocycles. The van der Waals surface area contributed by atoms with Crippen molar-refractivity contribution in [1.29, 1.82) is 0 Å². The van der Waals surface area contributed by atoms with Crippen LogP contribution in [0, 0.1) is 0 Å². The number of esters is 2. The molecule has 0 aliphatic rings. The van der Waals surface area contributed by atoms with Gasteiger partial charge in [0.05, 0.1) is 18.2 Å². The maximum absolute atomic E-state index is 12.5. The Kier molecular flexibility index (Phi) is 7.53. The van der Waals surface area contributed by atoms with Crippen LogP contribution in [0.15, 0.2) is 42.5 Å². The predicted molar refractivity (Wildman–Crippen MR) is 111 cm³/mol. The first-order valence-electron chi connectivity index (χ1n) is 9.53.